The highest BCUT2D eigenvalue weighted by atomic mass is 79.9. The first-order valence-electron chi connectivity index (χ1n) is 8.40. The van der Waals surface area contributed by atoms with Crippen LogP contribution in [-0.2, 0) is 4.79 Å². The van der Waals surface area contributed by atoms with Crippen molar-refractivity contribution in [1.82, 2.24) is 9.97 Å². The van der Waals surface area contributed by atoms with Crippen LogP contribution in [0.25, 0.3) is 0 Å². The largest absolute Gasteiger partial charge is 0.344 e. The molecule has 0 bridgehead atoms. The molecule has 3 N–H and O–H groups in total. The number of carbonyl (C=O) groups excluding carboxylic acids is 1. The molecule has 0 spiro atoms. The topological polar surface area (TPSA) is 94.8 Å². The lowest BCUT2D eigenvalue weighted by Crippen LogP contribution is -2.38. The van der Waals surface area contributed by atoms with Crippen LogP contribution < -0.4 is 16.6 Å². The summed E-state index contributed by atoms with van der Waals surface area (Å²) in [5.41, 5.74) is 1.40. The third-order valence-electron chi connectivity index (χ3n) is 4.96. The van der Waals surface area contributed by atoms with E-state index in [0.717, 1.165) is 15.7 Å². The highest BCUT2D eigenvalue weighted by Gasteiger charge is 2.42. The van der Waals surface area contributed by atoms with Crippen LogP contribution in [0.5, 0.6) is 0 Å². The van der Waals surface area contributed by atoms with E-state index in [-0.39, 0.29) is 11.2 Å². The monoisotopic (exact) mass is 415 g/mol. The quantitative estimate of drug-likeness (QED) is 0.666. The lowest BCUT2D eigenvalue weighted by atomic mass is 9.69. The Balaban J connectivity index is 2.00. The number of halogens is 1. The van der Waals surface area contributed by atoms with Crippen molar-refractivity contribution in [3.63, 3.8) is 0 Å². The first-order chi connectivity index (χ1) is 12.2. The molecular formula is C19H18BrN3O3. The van der Waals surface area contributed by atoms with Gasteiger partial charge in [0.05, 0.1) is 5.56 Å². The molecule has 4 rings (SSSR count). The van der Waals surface area contributed by atoms with Crippen molar-refractivity contribution in [3.8, 4) is 0 Å². The summed E-state index contributed by atoms with van der Waals surface area (Å²) in [6.07, 6.45) is 1.10. The van der Waals surface area contributed by atoms with Crippen molar-refractivity contribution in [1.29, 1.82) is 0 Å². The predicted octanol–water partition coefficient (Wildman–Crippen LogP) is 3.03. The van der Waals surface area contributed by atoms with Gasteiger partial charge in [-0.05, 0) is 29.5 Å². The number of aromatic nitrogens is 2. The summed E-state index contributed by atoms with van der Waals surface area (Å²) in [5.74, 6) is -0.0950. The molecule has 0 saturated carbocycles. The third kappa shape index (κ3) is 2.76. The molecule has 1 atom stereocenters. The maximum Gasteiger partial charge on any atom is 0.327 e. The number of rotatable bonds is 1. The summed E-state index contributed by atoms with van der Waals surface area (Å²) in [6.45, 7) is 4.09. The maximum atomic E-state index is 13.0. The Labute approximate surface area is 157 Å². The van der Waals surface area contributed by atoms with Crippen LogP contribution in [0.1, 0.15) is 43.7 Å². The molecule has 0 saturated heterocycles. The van der Waals surface area contributed by atoms with Crippen LogP contribution >= 0.6 is 15.9 Å². The van der Waals surface area contributed by atoms with E-state index in [1.807, 2.05) is 38.1 Å². The van der Waals surface area contributed by atoms with Gasteiger partial charge in [0, 0.05) is 28.1 Å². The lowest BCUT2D eigenvalue weighted by molar-refractivity contribution is -0.118. The number of anilines is 1. The zero-order valence-electron chi connectivity index (χ0n) is 14.4. The molecule has 7 heteroatoms. The molecule has 0 radical (unpaired) electrons. The van der Waals surface area contributed by atoms with Gasteiger partial charge in [-0.3, -0.25) is 19.6 Å². The fourth-order valence-corrected chi connectivity index (χ4v) is 4.20. The van der Waals surface area contributed by atoms with Crippen molar-refractivity contribution in [2.75, 3.05) is 5.32 Å². The number of carbonyl (C=O) groups is 1. The highest BCUT2D eigenvalue weighted by molar-refractivity contribution is 9.10. The van der Waals surface area contributed by atoms with Gasteiger partial charge in [0.15, 0.2) is 5.78 Å². The van der Waals surface area contributed by atoms with E-state index >= 15 is 0 Å². The summed E-state index contributed by atoms with van der Waals surface area (Å²) in [4.78, 5) is 42.3. The van der Waals surface area contributed by atoms with Gasteiger partial charge in [-0.1, -0.05) is 41.9 Å². The number of allylic oxidation sites excluding steroid dienone is 2. The van der Waals surface area contributed by atoms with Crippen LogP contribution in [0.15, 0.2) is 49.6 Å². The number of H-pyrrole nitrogens is 2. The first kappa shape index (κ1) is 17.0. The van der Waals surface area contributed by atoms with Gasteiger partial charge in [0.1, 0.15) is 5.82 Å². The normalized spacial score (nSPS) is 21.0. The molecule has 134 valence electrons. The second-order valence-electron chi connectivity index (χ2n) is 7.64. The summed E-state index contributed by atoms with van der Waals surface area (Å²) in [5, 5.41) is 3.15. The fourth-order valence-electron chi connectivity index (χ4n) is 3.94. The van der Waals surface area contributed by atoms with Gasteiger partial charge in [-0.15, -0.1) is 0 Å². The van der Waals surface area contributed by atoms with Crippen molar-refractivity contribution in [3.05, 3.63) is 72.0 Å². The minimum Gasteiger partial charge on any atom is -0.344 e. The van der Waals surface area contributed by atoms with E-state index in [2.05, 4.69) is 31.2 Å². The molecule has 0 amide bonds. The Hall–Kier alpha value is -2.41. The minimum atomic E-state index is -0.568. The van der Waals surface area contributed by atoms with Crippen LogP contribution in [0.3, 0.4) is 0 Å². The lowest BCUT2D eigenvalue weighted by Gasteiger charge is -2.38. The molecule has 1 aliphatic heterocycles. The number of fused-ring (bicyclic) bond motifs is 1. The van der Waals surface area contributed by atoms with Crippen LogP contribution in [0.4, 0.5) is 5.82 Å². The Kier molecular flexibility index (Phi) is 3.80. The van der Waals surface area contributed by atoms with Gasteiger partial charge in [0.25, 0.3) is 5.56 Å². The van der Waals surface area contributed by atoms with E-state index in [9.17, 15) is 14.4 Å². The summed E-state index contributed by atoms with van der Waals surface area (Å²) >= 11 is 3.41. The average Bonchev–Trinajstić information content (AvgIpc) is 2.52. The van der Waals surface area contributed by atoms with E-state index in [1.54, 1.807) is 0 Å². The van der Waals surface area contributed by atoms with Gasteiger partial charge < -0.3 is 5.32 Å². The molecule has 0 fully saturated rings. The van der Waals surface area contributed by atoms with Crippen molar-refractivity contribution >= 4 is 27.5 Å². The van der Waals surface area contributed by atoms with E-state index in [4.69, 9.17) is 0 Å². The molecule has 1 aliphatic carbocycles. The standard InChI is InChI=1S/C19H18BrN3O3/c1-19(2)7-11-14(12(24)8-19)13(9-3-5-10(20)6-4-9)15-16(21-11)22-18(26)23-17(15)25/h3-6,13H,7-8H2,1-2H3,(H3,21,22,23,25,26)/t13-/m1/s1. The first-order valence-corrected chi connectivity index (χ1v) is 9.20. The number of benzene rings is 1. The second kappa shape index (κ2) is 5.81. The van der Waals surface area contributed by atoms with Crippen molar-refractivity contribution in [2.24, 2.45) is 5.41 Å². The molecule has 2 heterocycles. The number of Topliss-reactive ketones (excluding diaryl/α,β-unsaturated/α-hetero) is 1. The zero-order chi connectivity index (χ0) is 18.6. The predicted molar refractivity (Wildman–Crippen MR) is 102 cm³/mol. The highest BCUT2D eigenvalue weighted by Crippen LogP contribution is 2.47. The maximum absolute atomic E-state index is 13.0. The Morgan fingerprint density at radius 3 is 2.42 bits per heavy atom. The molecule has 26 heavy (non-hydrogen) atoms. The van der Waals surface area contributed by atoms with Crippen LogP contribution in [0.2, 0.25) is 0 Å². The zero-order valence-corrected chi connectivity index (χ0v) is 16.0. The fraction of sp³-hybridized carbons (Fsp3) is 0.316. The van der Waals surface area contributed by atoms with Crippen molar-refractivity contribution < 1.29 is 4.79 Å². The Bertz CT molecular complexity index is 1060. The SMILES string of the molecule is CC1(C)CC(=O)C2=C(C1)Nc1[nH]c(=O)[nH]c(=O)c1[C@@H]2c1ccc(Br)cc1. The van der Waals surface area contributed by atoms with E-state index in [0.29, 0.717) is 29.8 Å². The second-order valence-corrected chi connectivity index (χ2v) is 8.56. The average molecular weight is 416 g/mol. The number of hydrogen-bond acceptors (Lipinski definition) is 4. The van der Waals surface area contributed by atoms with Gasteiger partial charge in [-0.2, -0.15) is 0 Å². The van der Waals surface area contributed by atoms with Crippen molar-refractivity contribution in [2.45, 2.75) is 32.6 Å². The Morgan fingerprint density at radius 2 is 1.73 bits per heavy atom. The Morgan fingerprint density at radius 1 is 1.04 bits per heavy atom. The van der Waals surface area contributed by atoms with E-state index < -0.39 is 17.2 Å². The molecular weight excluding hydrogens is 398 g/mol. The van der Waals surface area contributed by atoms with Gasteiger partial charge in [0.2, 0.25) is 0 Å². The summed E-state index contributed by atoms with van der Waals surface area (Å²) in [7, 11) is 0. The number of ketones is 1. The third-order valence-corrected chi connectivity index (χ3v) is 5.48. The van der Waals surface area contributed by atoms with Gasteiger partial charge in [-0.25, -0.2) is 4.79 Å². The number of nitrogens with one attached hydrogen (secondary N) is 3. The van der Waals surface area contributed by atoms with E-state index in [1.165, 1.54) is 0 Å². The number of aromatic amines is 2. The number of hydrogen-bond donors (Lipinski definition) is 3. The smallest absolute Gasteiger partial charge is 0.327 e. The summed E-state index contributed by atoms with van der Waals surface area (Å²) in [6, 6.07) is 7.56. The molecule has 1 aromatic carbocycles. The van der Waals surface area contributed by atoms with Crippen LogP contribution in [-0.4, -0.2) is 15.8 Å². The minimum absolute atomic E-state index is 0.0351. The molecule has 2 aliphatic rings. The molecule has 2 aromatic rings. The molecule has 1 aromatic heterocycles. The van der Waals surface area contributed by atoms with Gasteiger partial charge >= 0.3 is 5.69 Å². The van der Waals surface area contributed by atoms with Crippen LogP contribution in [0, 0.1) is 5.41 Å². The molecule has 6 nitrogen and oxygen atoms in total. The summed E-state index contributed by atoms with van der Waals surface area (Å²) < 4.78 is 0.913. The molecule has 0 unspecified atom stereocenters.